The van der Waals surface area contributed by atoms with Crippen LogP contribution < -0.4 is 10.6 Å². The highest BCUT2D eigenvalue weighted by Gasteiger charge is 2.06. The smallest absolute Gasteiger partial charge is 0.191 e. The summed E-state index contributed by atoms with van der Waals surface area (Å²) in [5, 5.41) is 8.04. The van der Waals surface area contributed by atoms with Crippen LogP contribution >= 0.6 is 0 Å². The highest BCUT2D eigenvalue weighted by atomic mass is 15.2. The summed E-state index contributed by atoms with van der Waals surface area (Å²) < 4.78 is 0. The van der Waals surface area contributed by atoms with E-state index in [1.807, 2.05) is 0 Å². The Morgan fingerprint density at radius 3 is 2.86 bits per heavy atom. The van der Waals surface area contributed by atoms with Gasteiger partial charge in [-0.25, -0.2) is 0 Å². The standard InChI is InChI=1S/C17H26N4/c1-4-10-19-17(18-5-2)20-11-9-14-12-21-15-8-6-7-13(3)16(14)15/h6-8,12,21H,4-5,9-11H2,1-3H3,(H2,18,19,20). The van der Waals surface area contributed by atoms with Crippen LogP contribution in [0.15, 0.2) is 29.4 Å². The van der Waals surface area contributed by atoms with Crippen molar-refractivity contribution in [3.05, 3.63) is 35.5 Å². The lowest BCUT2D eigenvalue weighted by Crippen LogP contribution is -2.38. The molecule has 1 aromatic carbocycles. The van der Waals surface area contributed by atoms with E-state index in [2.05, 4.69) is 65.8 Å². The largest absolute Gasteiger partial charge is 0.361 e. The topological polar surface area (TPSA) is 52.2 Å². The van der Waals surface area contributed by atoms with Crippen molar-refractivity contribution in [2.45, 2.75) is 33.6 Å². The molecule has 0 aliphatic rings. The number of aliphatic imine (C=N–C) groups is 1. The molecule has 0 unspecified atom stereocenters. The lowest BCUT2D eigenvalue weighted by atomic mass is 10.1. The number of H-pyrrole nitrogens is 1. The maximum Gasteiger partial charge on any atom is 0.191 e. The molecule has 0 atom stereocenters. The van der Waals surface area contributed by atoms with E-state index in [9.17, 15) is 0 Å². The molecule has 0 saturated carbocycles. The summed E-state index contributed by atoms with van der Waals surface area (Å²) in [5.74, 6) is 0.913. The number of nitrogens with one attached hydrogen (secondary N) is 3. The lowest BCUT2D eigenvalue weighted by Gasteiger charge is -2.11. The van der Waals surface area contributed by atoms with Gasteiger partial charge in [0.15, 0.2) is 5.96 Å². The quantitative estimate of drug-likeness (QED) is 0.565. The van der Waals surface area contributed by atoms with Crippen LogP contribution in [-0.4, -0.2) is 30.6 Å². The van der Waals surface area contributed by atoms with E-state index in [0.717, 1.165) is 38.4 Å². The molecule has 0 bridgehead atoms. The van der Waals surface area contributed by atoms with Crippen molar-refractivity contribution in [3.8, 4) is 0 Å². The van der Waals surface area contributed by atoms with Gasteiger partial charge in [-0.3, -0.25) is 4.99 Å². The third-order valence-corrected chi connectivity index (χ3v) is 3.52. The molecule has 2 aromatic rings. The van der Waals surface area contributed by atoms with E-state index in [1.165, 1.54) is 22.0 Å². The van der Waals surface area contributed by atoms with Gasteiger partial charge in [0, 0.05) is 36.7 Å². The van der Waals surface area contributed by atoms with E-state index < -0.39 is 0 Å². The van der Waals surface area contributed by atoms with E-state index in [1.54, 1.807) is 0 Å². The van der Waals surface area contributed by atoms with Crippen LogP contribution in [0.2, 0.25) is 0 Å². The fourth-order valence-electron chi connectivity index (χ4n) is 2.53. The second-order valence-electron chi connectivity index (χ2n) is 5.25. The summed E-state index contributed by atoms with van der Waals surface area (Å²) in [4.78, 5) is 7.87. The van der Waals surface area contributed by atoms with Crippen molar-refractivity contribution in [1.82, 2.24) is 15.6 Å². The molecule has 0 aliphatic carbocycles. The second-order valence-corrected chi connectivity index (χ2v) is 5.25. The Morgan fingerprint density at radius 1 is 1.24 bits per heavy atom. The Morgan fingerprint density at radius 2 is 2.10 bits per heavy atom. The number of guanidine groups is 1. The first-order chi connectivity index (χ1) is 10.3. The summed E-state index contributed by atoms with van der Waals surface area (Å²) in [7, 11) is 0. The Labute approximate surface area is 127 Å². The number of rotatable bonds is 6. The van der Waals surface area contributed by atoms with Gasteiger partial charge in [-0.1, -0.05) is 19.1 Å². The molecule has 21 heavy (non-hydrogen) atoms. The van der Waals surface area contributed by atoms with E-state index in [4.69, 9.17) is 0 Å². The van der Waals surface area contributed by atoms with Gasteiger partial charge in [0.2, 0.25) is 0 Å². The number of aromatic amines is 1. The molecule has 0 amide bonds. The molecule has 4 nitrogen and oxygen atoms in total. The molecule has 0 radical (unpaired) electrons. The van der Waals surface area contributed by atoms with Crippen molar-refractivity contribution in [2.24, 2.45) is 4.99 Å². The zero-order chi connectivity index (χ0) is 15.1. The monoisotopic (exact) mass is 286 g/mol. The van der Waals surface area contributed by atoms with Crippen LogP contribution in [0.4, 0.5) is 0 Å². The number of benzene rings is 1. The second kappa shape index (κ2) is 7.72. The molecule has 3 N–H and O–H groups in total. The number of aromatic nitrogens is 1. The van der Waals surface area contributed by atoms with E-state index in [-0.39, 0.29) is 0 Å². The van der Waals surface area contributed by atoms with Gasteiger partial charge < -0.3 is 15.6 Å². The van der Waals surface area contributed by atoms with E-state index >= 15 is 0 Å². The summed E-state index contributed by atoms with van der Waals surface area (Å²) in [5.41, 5.74) is 3.91. The van der Waals surface area contributed by atoms with Crippen LogP contribution in [0.5, 0.6) is 0 Å². The molecule has 4 heteroatoms. The Balaban J connectivity index is 1.98. The van der Waals surface area contributed by atoms with Gasteiger partial charge >= 0.3 is 0 Å². The molecule has 1 heterocycles. The highest BCUT2D eigenvalue weighted by molar-refractivity contribution is 5.86. The van der Waals surface area contributed by atoms with Crippen molar-refractivity contribution < 1.29 is 0 Å². The SMILES string of the molecule is CCCN=C(NCC)NCCc1c[nH]c2cccc(C)c12. The highest BCUT2D eigenvalue weighted by Crippen LogP contribution is 2.22. The molecule has 114 valence electrons. The minimum atomic E-state index is 0.863. The first-order valence-electron chi connectivity index (χ1n) is 7.84. The average Bonchev–Trinajstić information content (AvgIpc) is 2.89. The maximum atomic E-state index is 4.52. The molecule has 1 aromatic heterocycles. The summed E-state index contributed by atoms with van der Waals surface area (Å²) in [6, 6.07) is 6.39. The minimum absolute atomic E-state index is 0.863. The van der Waals surface area contributed by atoms with Crippen molar-refractivity contribution in [3.63, 3.8) is 0 Å². The molecule has 0 spiro atoms. The first-order valence-corrected chi connectivity index (χ1v) is 7.84. The summed E-state index contributed by atoms with van der Waals surface area (Å²) in [6.07, 6.45) is 4.18. The Bertz CT molecular complexity index is 598. The van der Waals surface area contributed by atoms with Crippen molar-refractivity contribution in [2.75, 3.05) is 19.6 Å². The summed E-state index contributed by atoms with van der Waals surface area (Å²) >= 11 is 0. The van der Waals surface area contributed by atoms with Crippen LogP contribution in [0.1, 0.15) is 31.4 Å². The van der Waals surface area contributed by atoms with Crippen LogP contribution in [-0.2, 0) is 6.42 Å². The van der Waals surface area contributed by atoms with Gasteiger partial charge in [-0.2, -0.15) is 0 Å². The Hall–Kier alpha value is -1.97. The van der Waals surface area contributed by atoms with E-state index in [0.29, 0.717) is 0 Å². The predicted molar refractivity (Wildman–Crippen MR) is 91.0 cm³/mol. The zero-order valence-electron chi connectivity index (χ0n) is 13.3. The fraction of sp³-hybridized carbons (Fsp3) is 0.471. The molecule has 0 fully saturated rings. The Kier molecular flexibility index (Phi) is 5.67. The molecular weight excluding hydrogens is 260 g/mol. The zero-order valence-corrected chi connectivity index (χ0v) is 13.3. The van der Waals surface area contributed by atoms with Crippen LogP contribution in [0, 0.1) is 6.92 Å². The number of aryl methyl sites for hydroxylation is 1. The van der Waals surface area contributed by atoms with Gasteiger partial charge in [0.1, 0.15) is 0 Å². The van der Waals surface area contributed by atoms with Crippen molar-refractivity contribution in [1.29, 1.82) is 0 Å². The number of nitrogens with zero attached hydrogens (tertiary/aromatic N) is 1. The maximum absolute atomic E-state index is 4.52. The molecule has 0 saturated heterocycles. The molecular formula is C17H26N4. The molecule has 0 aliphatic heterocycles. The summed E-state index contributed by atoms with van der Waals surface area (Å²) in [6.45, 7) is 9.04. The van der Waals surface area contributed by atoms with Gasteiger partial charge in [-0.05, 0) is 43.9 Å². The third-order valence-electron chi connectivity index (χ3n) is 3.52. The average molecular weight is 286 g/mol. The van der Waals surface area contributed by atoms with Gasteiger partial charge in [0.25, 0.3) is 0 Å². The lowest BCUT2D eigenvalue weighted by molar-refractivity contribution is 0.795. The van der Waals surface area contributed by atoms with Crippen LogP contribution in [0.3, 0.4) is 0 Å². The number of fused-ring (bicyclic) bond motifs is 1. The normalized spacial score (nSPS) is 11.9. The third kappa shape index (κ3) is 4.00. The number of hydrogen-bond donors (Lipinski definition) is 3. The van der Waals surface area contributed by atoms with Gasteiger partial charge in [0.05, 0.1) is 0 Å². The number of hydrogen-bond acceptors (Lipinski definition) is 1. The molecule has 2 rings (SSSR count). The van der Waals surface area contributed by atoms with Crippen molar-refractivity contribution >= 4 is 16.9 Å². The predicted octanol–water partition coefficient (Wildman–Crippen LogP) is 2.98. The first kappa shape index (κ1) is 15.4. The van der Waals surface area contributed by atoms with Gasteiger partial charge in [-0.15, -0.1) is 0 Å². The fourth-order valence-corrected chi connectivity index (χ4v) is 2.53. The minimum Gasteiger partial charge on any atom is -0.361 e. The van der Waals surface area contributed by atoms with Crippen LogP contribution in [0.25, 0.3) is 10.9 Å².